The number of benzene rings is 1. The normalized spacial score (nSPS) is 10.2. The fourth-order valence-electron chi connectivity index (χ4n) is 1.29. The molecule has 2 rings (SSSR count). The van der Waals surface area contributed by atoms with Gasteiger partial charge < -0.3 is 4.42 Å². The van der Waals surface area contributed by atoms with E-state index in [-0.39, 0.29) is 5.76 Å². The number of fused-ring (bicyclic) bond motifs is 1. The molecule has 3 heteroatoms. The molecule has 0 bridgehead atoms. The van der Waals surface area contributed by atoms with Crippen LogP contribution in [0.1, 0.15) is 20.9 Å². The molecule has 0 aliphatic rings. The van der Waals surface area contributed by atoms with Crippen LogP contribution < -0.4 is 0 Å². The Morgan fingerprint density at radius 3 is 2.54 bits per heavy atom. The Kier molecular flexibility index (Phi) is 1.70. The molecule has 3 nitrogen and oxygen atoms in total. The molecule has 0 amide bonds. The van der Waals surface area contributed by atoms with Crippen molar-refractivity contribution in [1.29, 1.82) is 0 Å². The fourth-order valence-corrected chi connectivity index (χ4v) is 1.29. The van der Waals surface area contributed by atoms with Crippen LogP contribution in [0, 0.1) is 0 Å². The Morgan fingerprint density at radius 2 is 1.85 bits per heavy atom. The van der Waals surface area contributed by atoms with Crippen molar-refractivity contribution in [3.05, 3.63) is 35.6 Å². The summed E-state index contributed by atoms with van der Waals surface area (Å²) in [4.78, 5) is 21.1. The lowest BCUT2D eigenvalue weighted by molar-refractivity contribution is 0.108. The van der Waals surface area contributed by atoms with Crippen LogP contribution in [0.5, 0.6) is 0 Å². The van der Waals surface area contributed by atoms with Gasteiger partial charge >= 0.3 is 0 Å². The Hall–Kier alpha value is -1.90. The van der Waals surface area contributed by atoms with E-state index < -0.39 is 0 Å². The average molecular weight is 174 g/mol. The minimum absolute atomic E-state index is 0.0937. The zero-order valence-corrected chi connectivity index (χ0v) is 6.69. The number of hydrogen-bond donors (Lipinski definition) is 0. The third-order valence-electron chi connectivity index (χ3n) is 1.89. The first-order valence-corrected chi connectivity index (χ1v) is 3.78. The van der Waals surface area contributed by atoms with Crippen molar-refractivity contribution in [2.75, 3.05) is 0 Å². The van der Waals surface area contributed by atoms with E-state index in [0.29, 0.717) is 29.1 Å². The number of furan rings is 1. The molecule has 0 atom stereocenters. The molecule has 2 aromatic rings. The van der Waals surface area contributed by atoms with E-state index in [9.17, 15) is 9.59 Å². The van der Waals surface area contributed by atoms with Gasteiger partial charge in [0.1, 0.15) is 5.58 Å². The first-order valence-electron chi connectivity index (χ1n) is 3.78. The van der Waals surface area contributed by atoms with E-state index in [2.05, 4.69) is 0 Å². The summed E-state index contributed by atoms with van der Waals surface area (Å²) in [5.41, 5.74) is 0.886. The molecule has 0 spiro atoms. The first kappa shape index (κ1) is 7.73. The highest BCUT2D eigenvalue weighted by molar-refractivity contribution is 6.02. The van der Waals surface area contributed by atoms with Crippen molar-refractivity contribution in [2.45, 2.75) is 0 Å². The zero-order chi connectivity index (χ0) is 9.26. The summed E-state index contributed by atoms with van der Waals surface area (Å²) in [5.74, 6) is 0.0937. The van der Waals surface area contributed by atoms with Crippen LogP contribution in [0.2, 0.25) is 0 Å². The van der Waals surface area contributed by atoms with E-state index in [1.807, 2.05) is 0 Å². The Balaban J connectivity index is 2.88. The largest absolute Gasteiger partial charge is 0.452 e. The maximum absolute atomic E-state index is 10.6. The van der Waals surface area contributed by atoms with Gasteiger partial charge in [0.25, 0.3) is 0 Å². The highest BCUT2D eigenvalue weighted by atomic mass is 16.3. The second kappa shape index (κ2) is 2.86. The number of para-hydroxylation sites is 1. The molecule has 0 fully saturated rings. The van der Waals surface area contributed by atoms with E-state index in [1.165, 1.54) is 0 Å². The SMILES string of the molecule is O=Cc1oc2ccccc2c1C=O. The minimum atomic E-state index is 0.0937. The predicted molar refractivity (Wildman–Crippen MR) is 47.0 cm³/mol. The highest BCUT2D eigenvalue weighted by Crippen LogP contribution is 2.22. The van der Waals surface area contributed by atoms with Gasteiger partial charge in [-0.25, -0.2) is 0 Å². The molecule has 1 heterocycles. The standard InChI is InChI=1S/C10H6O3/c11-5-8-7-3-1-2-4-9(7)13-10(8)6-12/h1-6H. The first-order chi connectivity index (χ1) is 6.36. The van der Waals surface area contributed by atoms with Crippen LogP contribution in [0.3, 0.4) is 0 Å². The lowest BCUT2D eigenvalue weighted by Gasteiger charge is -1.84. The summed E-state index contributed by atoms with van der Waals surface area (Å²) in [6, 6.07) is 7.04. The lowest BCUT2D eigenvalue weighted by atomic mass is 10.1. The van der Waals surface area contributed by atoms with Crippen molar-refractivity contribution in [2.24, 2.45) is 0 Å². The molecule has 13 heavy (non-hydrogen) atoms. The zero-order valence-electron chi connectivity index (χ0n) is 6.69. The monoisotopic (exact) mass is 174 g/mol. The molecule has 0 unspecified atom stereocenters. The summed E-state index contributed by atoms with van der Waals surface area (Å²) in [5, 5.41) is 0.680. The van der Waals surface area contributed by atoms with Gasteiger partial charge in [-0.3, -0.25) is 9.59 Å². The van der Waals surface area contributed by atoms with Gasteiger partial charge in [0.15, 0.2) is 18.3 Å². The third-order valence-corrected chi connectivity index (χ3v) is 1.89. The summed E-state index contributed by atoms with van der Waals surface area (Å²) in [7, 11) is 0. The van der Waals surface area contributed by atoms with Crippen LogP contribution >= 0.6 is 0 Å². The molecule has 0 N–H and O–H groups in total. The maximum atomic E-state index is 10.6. The van der Waals surface area contributed by atoms with Gasteiger partial charge in [0.05, 0.1) is 5.56 Å². The quantitative estimate of drug-likeness (QED) is 0.654. The number of hydrogen-bond acceptors (Lipinski definition) is 3. The molecule has 1 aromatic carbocycles. The lowest BCUT2D eigenvalue weighted by Crippen LogP contribution is -1.83. The van der Waals surface area contributed by atoms with Gasteiger partial charge in [0, 0.05) is 5.39 Å². The minimum Gasteiger partial charge on any atom is -0.452 e. The number of aldehydes is 2. The van der Waals surface area contributed by atoms with Crippen molar-refractivity contribution in [3.63, 3.8) is 0 Å². The van der Waals surface area contributed by atoms with Crippen molar-refractivity contribution < 1.29 is 14.0 Å². The van der Waals surface area contributed by atoms with Crippen molar-refractivity contribution in [3.8, 4) is 0 Å². The van der Waals surface area contributed by atoms with Gasteiger partial charge in [-0.15, -0.1) is 0 Å². The summed E-state index contributed by atoms with van der Waals surface area (Å²) in [6.07, 6.45) is 1.18. The van der Waals surface area contributed by atoms with E-state index >= 15 is 0 Å². The maximum Gasteiger partial charge on any atom is 0.186 e. The Bertz CT molecular complexity index is 468. The van der Waals surface area contributed by atoms with Gasteiger partial charge in [-0.1, -0.05) is 18.2 Å². The van der Waals surface area contributed by atoms with Crippen molar-refractivity contribution in [1.82, 2.24) is 0 Å². The smallest absolute Gasteiger partial charge is 0.186 e. The molecular weight excluding hydrogens is 168 g/mol. The number of carbonyl (C=O) groups excluding carboxylic acids is 2. The van der Waals surface area contributed by atoms with Crippen LogP contribution in [-0.2, 0) is 0 Å². The topological polar surface area (TPSA) is 47.3 Å². The van der Waals surface area contributed by atoms with Gasteiger partial charge in [-0.05, 0) is 6.07 Å². The Morgan fingerprint density at radius 1 is 1.08 bits per heavy atom. The second-order valence-corrected chi connectivity index (χ2v) is 2.61. The molecule has 0 aliphatic carbocycles. The third kappa shape index (κ3) is 1.05. The second-order valence-electron chi connectivity index (χ2n) is 2.61. The predicted octanol–water partition coefficient (Wildman–Crippen LogP) is 2.06. The Labute approximate surface area is 74.0 Å². The molecule has 64 valence electrons. The van der Waals surface area contributed by atoms with Crippen LogP contribution in [0.15, 0.2) is 28.7 Å². The average Bonchev–Trinajstić information content (AvgIpc) is 2.55. The molecule has 0 saturated heterocycles. The fraction of sp³-hybridized carbons (Fsp3) is 0. The highest BCUT2D eigenvalue weighted by Gasteiger charge is 2.11. The van der Waals surface area contributed by atoms with Crippen LogP contribution in [0.4, 0.5) is 0 Å². The number of carbonyl (C=O) groups is 2. The number of rotatable bonds is 2. The molecule has 0 saturated carbocycles. The molecule has 0 aliphatic heterocycles. The summed E-state index contributed by atoms with van der Waals surface area (Å²) >= 11 is 0. The summed E-state index contributed by atoms with van der Waals surface area (Å²) < 4.78 is 5.14. The molecular formula is C10H6O3. The van der Waals surface area contributed by atoms with E-state index in [0.717, 1.165) is 0 Å². The van der Waals surface area contributed by atoms with Crippen molar-refractivity contribution >= 4 is 23.5 Å². The van der Waals surface area contributed by atoms with E-state index in [4.69, 9.17) is 4.42 Å². The van der Waals surface area contributed by atoms with Gasteiger partial charge in [0.2, 0.25) is 0 Å². The van der Waals surface area contributed by atoms with Crippen LogP contribution in [0.25, 0.3) is 11.0 Å². The summed E-state index contributed by atoms with van der Waals surface area (Å²) in [6.45, 7) is 0. The molecule has 0 radical (unpaired) electrons. The van der Waals surface area contributed by atoms with Gasteiger partial charge in [-0.2, -0.15) is 0 Å². The molecule has 1 aromatic heterocycles. The van der Waals surface area contributed by atoms with Crippen LogP contribution in [-0.4, -0.2) is 12.6 Å². The van der Waals surface area contributed by atoms with E-state index in [1.54, 1.807) is 24.3 Å².